The van der Waals surface area contributed by atoms with Crippen molar-refractivity contribution in [3.05, 3.63) is 30.3 Å². The molecule has 0 heterocycles. The molecule has 0 bridgehead atoms. The zero-order valence-corrected chi connectivity index (χ0v) is 7.21. The van der Waals surface area contributed by atoms with Crippen LogP contribution < -0.4 is 22.1 Å². The number of anilines is 1. The van der Waals surface area contributed by atoms with Gasteiger partial charge in [0.15, 0.2) is 5.11 Å². The first-order valence-corrected chi connectivity index (χ1v) is 3.77. The van der Waals surface area contributed by atoms with Gasteiger partial charge in [-0.15, -0.1) is 0 Å². The maximum absolute atomic E-state index is 5.55. The molecule has 0 aromatic heterocycles. The maximum atomic E-state index is 5.55. The molecule has 0 fully saturated rings. The van der Waals surface area contributed by atoms with Crippen molar-refractivity contribution in [1.82, 2.24) is 5.43 Å². The Labute approximate surface area is 76.1 Å². The van der Waals surface area contributed by atoms with Crippen LogP contribution in [0.15, 0.2) is 30.3 Å². The Morgan fingerprint density at radius 1 is 1.33 bits per heavy atom. The summed E-state index contributed by atoms with van der Waals surface area (Å²) >= 11 is 4.62. The Hall–Kier alpha value is -1.33. The van der Waals surface area contributed by atoms with E-state index in [-0.39, 0.29) is 5.11 Å². The van der Waals surface area contributed by atoms with Crippen molar-refractivity contribution in [3.63, 3.8) is 0 Å². The zero-order valence-electron chi connectivity index (χ0n) is 6.40. The van der Waals surface area contributed by atoms with Gasteiger partial charge in [0, 0.05) is 0 Å². The van der Waals surface area contributed by atoms with Gasteiger partial charge >= 0.3 is 0 Å². The monoisotopic (exact) mass is 182 g/mol. The topological polar surface area (TPSA) is 67.3 Å². The summed E-state index contributed by atoms with van der Waals surface area (Å²) in [6, 6.07) is 9.32. The van der Waals surface area contributed by atoms with Gasteiger partial charge in [0.2, 0.25) is 0 Å². The van der Waals surface area contributed by atoms with Crippen molar-refractivity contribution in [2.45, 2.75) is 0 Å². The molecule has 1 aromatic carbocycles. The molecule has 1 aromatic rings. The van der Waals surface area contributed by atoms with E-state index in [1.807, 2.05) is 30.3 Å². The standard InChI is InChI=1S/C7H10N4S/c8-7(12)10-11(9)6-4-2-1-3-5-6/h1-5H,9H2,(H3,8,10,12). The third-order valence-corrected chi connectivity index (χ3v) is 1.36. The summed E-state index contributed by atoms with van der Waals surface area (Å²) < 4.78 is 0. The van der Waals surface area contributed by atoms with Crippen molar-refractivity contribution < 1.29 is 0 Å². The lowest BCUT2D eigenvalue weighted by atomic mass is 10.3. The maximum Gasteiger partial charge on any atom is 0.183 e. The molecule has 0 atom stereocenters. The molecule has 0 spiro atoms. The molecule has 5 N–H and O–H groups in total. The minimum absolute atomic E-state index is 0.140. The fourth-order valence-electron chi connectivity index (χ4n) is 0.772. The average molecular weight is 182 g/mol. The lowest BCUT2D eigenvalue weighted by Gasteiger charge is -2.18. The molecule has 0 amide bonds. The third kappa shape index (κ3) is 2.37. The van der Waals surface area contributed by atoms with E-state index in [4.69, 9.17) is 11.6 Å². The van der Waals surface area contributed by atoms with Crippen molar-refractivity contribution in [1.29, 1.82) is 0 Å². The molecule has 64 valence electrons. The quantitative estimate of drug-likeness (QED) is 0.344. The second-order valence-corrected chi connectivity index (χ2v) is 2.62. The summed E-state index contributed by atoms with van der Waals surface area (Å²) in [6.45, 7) is 0. The number of nitrogens with one attached hydrogen (secondary N) is 1. The Morgan fingerprint density at radius 3 is 2.42 bits per heavy atom. The summed E-state index contributed by atoms with van der Waals surface area (Å²) in [5, 5.41) is 1.41. The molecule has 0 saturated heterocycles. The van der Waals surface area contributed by atoms with Crippen LogP contribution in [-0.2, 0) is 0 Å². The van der Waals surface area contributed by atoms with Crippen LogP contribution in [-0.4, -0.2) is 5.11 Å². The fourth-order valence-corrected chi connectivity index (χ4v) is 0.870. The van der Waals surface area contributed by atoms with E-state index in [2.05, 4.69) is 17.6 Å². The van der Waals surface area contributed by atoms with Gasteiger partial charge in [-0.05, 0) is 24.4 Å². The van der Waals surface area contributed by atoms with Crippen LogP contribution >= 0.6 is 12.2 Å². The second kappa shape index (κ2) is 3.89. The Kier molecular flexibility index (Phi) is 2.84. The summed E-state index contributed by atoms with van der Waals surface area (Å²) in [4.78, 5) is 0. The number of benzene rings is 1. The minimum Gasteiger partial charge on any atom is -0.375 e. The van der Waals surface area contributed by atoms with E-state index in [0.29, 0.717) is 0 Å². The normalized spacial score (nSPS) is 9.08. The van der Waals surface area contributed by atoms with Crippen molar-refractivity contribution in [2.24, 2.45) is 11.6 Å². The van der Waals surface area contributed by atoms with E-state index >= 15 is 0 Å². The van der Waals surface area contributed by atoms with E-state index in [1.54, 1.807) is 0 Å². The van der Waals surface area contributed by atoms with E-state index in [1.165, 1.54) is 5.12 Å². The molecule has 0 aliphatic carbocycles. The molecule has 4 nitrogen and oxygen atoms in total. The number of para-hydroxylation sites is 1. The number of thiocarbonyl (C=S) groups is 1. The largest absolute Gasteiger partial charge is 0.375 e. The summed E-state index contributed by atoms with van der Waals surface area (Å²) in [5.74, 6) is 5.55. The highest BCUT2D eigenvalue weighted by Crippen LogP contribution is 2.06. The van der Waals surface area contributed by atoms with Crippen LogP contribution in [0.4, 0.5) is 5.69 Å². The van der Waals surface area contributed by atoms with Crippen LogP contribution in [0, 0.1) is 0 Å². The SMILES string of the molecule is NC(=S)NN(N)c1ccccc1. The molecule has 12 heavy (non-hydrogen) atoms. The van der Waals surface area contributed by atoms with Crippen LogP contribution in [0.3, 0.4) is 0 Å². The molecule has 0 aliphatic rings. The summed E-state index contributed by atoms with van der Waals surface area (Å²) in [6.07, 6.45) is 0. The second-order valence-electron chi connectivity index (χ2n) is 2.18. The molecule has 5 heteroatoms. The van der Waals surface area contributed by atoms with Crippen LogP contribution in [0.25, 0.3) is 0 Å². The highest BCUT2D eigenvalue weighted by Gasteiger charge is 1.98. The van der Waals surface area contributed by atoms with E-state index < -0.39 is 0 Å². The minimum atomic E-state index is 0.140. The molecule has 0 saturated carbocycles. The molecule has 1 rings (SSSR count). The van der Waals surface area contributed by atoms with E-state index in [0.717, 1.165) is 5.69 Å². The van der Waals surface area contributed by atoms with Gasteiger partial charge in [-0.25, -0.2) is 11.0 Å². The zero-order chi connectivity index (χ0) is 8.97. The van der Waals surface area contributed by atoms with Gasteiger partial charge in [0.1, 0.15) is 0 Å². The van der Waals surface area contributed by atoms with Gasteiger partial charge in [0.25, 0.3) is 0 Å². The Balaban J connectivity index is 2.65. The molecule has 0 radical (unpaired) electrons. The predicted octanol–water partition coefficient (Wildman–Crippen LogP) is 0.115. The fraction of sp³-hybridized carbons (Fsp3) is 0. The average Bonchev–Trinajstić information content (AvgIpc) is 2.05. The first-order chi connectivity index (χ1) is 5.70. The lowest BCUT2D eigenvalue weighted by molar-refractivity contribution is 0.815. The third-order valence-electron chi connectivity index (χ3n) is 1.27. The number of hydrogen-bond acceptors (Lipinski definition) is 3. The first-order valence-electron chi connectivity index (χ1n) is 3.36. The van der Waals surface area contributed by atoms with Crippen molar-refractivity contribution >= 4 is 23.0 Å². The van der Waals surface area contributed by atoms with Crippen LogP contribution in [0.2, 0.25) is 0 Å². The van der Waals surface area contributed by atoms with E-state index in [9.17, 15) is 0 Å². The van der Waals surface area contributed by atoms with Crippen LogP contribution in [0.5, 0.6) is 0 Å². The van der Waals surface area contributed by atoms with Crippen molar-refractivity contribution in [2.75, 3.05) is 5.12 Å². The van der Waals surface area contributed by atoms with Gasteiger partial charge in [-0.2, -0.15) is 0 Å². The molecular weight excluding hydrogens is 172 g/mol. The molecule has 0 aliphatic heterocycles. The van der Waals surface area contributed by atoms with Gasteiger partial charge in [-0.1, -0.05) is 18.2 Å². The van der Waals surface area contributed by atoms with Crippen molar-refractivity contribution in [3.8, 4) is 0 Å². The number of rotatable bonds is 2. The highest BCUT2D eigenvalue weighted by atomic mass is 32.1. The first kappa shape index (κ1) is 8.76. The summed E-state index contributed by atoms with van der Waals surface area (Å²) in [7, 11) is 0. The Bertz CT molecular complexity index is 261. The molecular formula is C7H10N4S. The van der Waals surface area contributed by atoms with Gasteiger partial charge in [-0.3, -0.25) is 5.43 Å². The molecule has 0 unspecified atom stereocenters. The number of nitrogens with zero attached hydrogens (tertiary/aromatic N) is 1. The van der Waals surface area contributed by atoms with Gasteiger partial charge < -0.3 is 5.73 Å². The lowest BCUT2D eigenvalue weighted by Crippen LogP contribution is -2.49. The predicted molar refractivity (Wildman–Crippen MR) is 53.0 cm³/mol. The Morgan fingerprint density at radius 2 is 1.92 bits per heavy atom. The highest BCUT2D eigenvalue weighted by molar-refractivity contribution is 7.80. The summed E-state index contributed by atoms with van der Waals surface area (Å²) in [5.41, 5.74) is 8.61. The van der Waals surface area contributed by atoms with Crippen LogP contribution in [0.1, 0.15) is 0 Å². The number of hydrogen-bond donors (Lipinski definition) is 3. The smallest absolute Gasteiger partial charge is 0.183 e. The number of nitrogens with two attached hydrogens (primary N) is 2. The number of hydrazine groups is 2. The van der Waals surface area contributed by atoms with Gasteiger partial charge in [0.05, 0.1) is 5.69 Å².